The topological polar surface area (TPSA) is 47.6 Å². The van der Waals surface area contributed by atoms with Gasteiger partial charge in [0.2, 0.25) is 0 Å². The number of nitrogens with one attached hydrogen (secondary N) is 1. The van der Waals surface area contributed by atoms with E-state index in [4.69, 9.17) is 9.47 Å². The van der Waals surface area contributed by atoms with Gasteiger partial charge in [-0.1, -0.05) is 48.5 Å². The largest absolute Gasteiger partial charge is 0.493 e. The number of amides is 1. The van der Waals surface area contributed by atoms with Gasteiger partial charge in [0.25, 0.3) is 5.91 Å². The van der Waals surface area contributed by atoms with Gasteiger partial charge in [-0.25, -0.2) is 0 Å². The Kier molecular flexibility index (Phi) is 4.25. The minimum absolute atomic E-state index is 0.00750. The second kappa shape index (κ2) is 6.85. The molecule has 1 aliphatic rings. The summed E-state index contributed by atoms with van der Waals surface area (Å²) >= 11 is 0. The predicted octanol–water partition coefficient (Wildman–Crippen LogP) is 3.51. The SMILES string of the molecule is O=C(COc1ccc2ccccc2c1)NC[C@H]1COc2ccccc21. The number of hydrogen-bond acceptors (Lipinski definition) is 3. The first-order valence-corrected chi connectivity index (χ1v) is 8.39. The summed E-state index contributed by atoms with van der Waals surface area (Å²) < 4.78 is 11.2. The van der Waals surface area contributed by atoms with E-state index in [0.717, 1.165) is 22.1 Å². The molecule has 0 aromatic heterocycles. The first-order chi connectivity index (χ1) is 12.3. The van der Waals surface area contributed by atoms with Gasteiger partial charge in [0.1, 0.15) is 11.5 Å². The number of fused-ring (bicyclic) bond motifs is 2. The van der Waals surface area contributed by atoms with Crippen LogP contribution in [0.1, 0.15) is 11.5 Å². The van der Waals surface area contributed by atoms with Gasteiger partial charge in [-0.2, -0.15) is 0 Å². The van der Waals surface area contributed by atoms with Crippen molar-refractivity contribution in [3.05, 3.63) is 72.3 Å². The summed E-state index contributed by atoms with van der Waals surface area (Å²) in [5.74, 6) is 1.68. The molecular formula is C21H19NO3. The summed E-state index contributed by atoms with van der Waals surface area (Å²) in [7, 11) is 0. The van der Waals surface area contributed by atoms with Gasteiger partial charge in [0, 0.05) is 18.0 Å². The fraction of sp³-hybridized carbons (Fsp3) is 0.190. The molecule has 0 bridgehead atoms. The molecule has 126 valence electrons. The maximum atomic E-state index is 12.1. The van der Waals surface area contributed by atoms with E-state index >= 15 is 0 Å². The van der Waals surface area contributed by atoms with Gasteiger partial charge in [0.05, 0.1) is 6.61 Å². The third-order valence-corrected chi connectivity index (χ3v) is 4.44. The lowest BCUT2D eigenvalue weighted by molar-refractivity contribution is -0.123. The molecule has 0 unspecified atom stereocenters. The fourth-order valence-electron chi connectivity index (χ4n) is 3.09. The van der Waals surface area contributed by atoms with Crippen molar-refractivity contribution in [1.29, 1.82) is 0 Å². The normalized spacial score (nSPS) is 15.4. The molecule has 1 amide bonds. The summed E-state index contributed by atoms with van der Waals surface area (Å²) in [6, 6.07) is 21.8. The van der Waals surface area contributed by atoms with Gasteiger partial charge in [-0.15, -0.1) is 0 Å². The lowest BCUT2D eigenvalue weighted by atomic mass is 10.0. The van der Waals surface area contributed by atoms with Crippen LogP contribution in [-0.2, 0) is 4.79 Å². The molecule has 4 rings (SSSR count). The molecule has 0 saturated carbocycles. The van der Waals surface area contributed by atoms with E-state index in [1.165, 1.54) is 0 Å². The Balaban J connectivity index is 1.30. The molecule has 0 aliphatic carbocycles. The van der Waals surface area contributed by atoms with E-state index in [9.17, 15) is 4.79 Å². The summed E-state index contributed by atoms with van der Waals surface area (Å²) in [5, 5.41) is 5.18. The Bertz CT molecular complexity index is 906. The van der Waals surface area contributed by atoms with E-state index in [-0.39, 0.29) is 18.4 Å². The summed E-state index contributed by atoms with van der Waals surface area (Å²) in [6.07, 6.45) is 0. The Morgan fingerprint density at radius 3 is 2.76 bits per heavy atom. The van der Waals surface area contributed by atoms with Gasteiger partial charge >= 0.3 is 0 Å². The molecule has 3 aromatic rings. The van der Waals surface area contributed by atoms with E-state index < -0.39 is 0 Å². The number of rotatable bonds is 5. The lowest BCUT2D eigenvalue weighted by Crippen LogP contribution is -2.32. The van der Waals surface area contributed by atoms with Crippen LogP contribution in [0.25, 0.3) is 10.8 Å². The molecular weight excluding hydrogens is 314 g/mol. The van der Waals surface area contributed by atoms with Crippen molar-refractivity contribution in [2.24, 2.45) is 0 Å². The Hall–Kier alpha value is -3.01. The zero-order chi connectivity index (χ0) is 17.1. The van der Waals surface area contributed by atoms with Gasteiger partial charge in [-0.05, 0) is 29.0 Å². The standard InChI is InChI=1S/C21H19NO3/c23-21(22-12-17-13-25-20-8-4-3-7-19(17)20)14-24-18-10-9-15-5-1-2-6-16(15)11-18/h1-11,17H,12-14H2,(H,22,23)/t17-/m0/s1. The van der Waals surface area contributed by atoms with E-state index in [2.05, 4.69) is 5.32 Å². The predicted molar refractivity (Wildman–Crippen MR) is 97.1 cm³/mol. The molecule has 0 spiro atoms. The van der Waals surface area contributed by atoms with E-state index in [1.807, 2.05) is 66.7 Å². The molecule has 0 fully saturated rings. The summed E-state index contributed by atoms with van der Waals surface area (Å²) in [4.78, 5) is 12.1. The van der Waals surface area contributed by atoms with Gasteiger partial charge in [0.15, 0.2) is 6.61 Å². The van der Waals surface area contributed by atoms with Crippen LogP contribution in [0.4, 0.5) is 0 Å². The molecule has 0 radical (unpaired) electrons. The first kappa shape index (κ1) is 15.5. The number of para-hydroxylation sites is 1. The van der Waals surface area contributed by atoms with Crippen LogP contribution in [-0.4, -0.2) is 25.7 Å². The summed E-state index contributed by atoms with van der Waals surface area (Å²) in [6.45, 7) is 1.16. The number of benzene rings is 3. The highest BCUT2D eigenvalue weighted by Gasteiger charge is 2.23. The van der Waals surface area contributed by atoms with Crippen LogP contribution in [0.5, 0.6) is 11.5 Å². The van der Waals surface area contributed by atoms with Gasteiger partial charge in [-0.3, -0.25) is 4.79 Å². The van der Waals surface area contributed by atoms with Crippen LogP contribution in [0.15, 0.2) is 66.7 Å². The zero-order valence-corrected chi connectivity index (χ0v) is 13.8. The Morgan fingerprint density at radius 2 is 1.84 bits per heavy atom. The van der Waals surface area contributed by atoms with Crippen LogP contribution in [0.3, 0.4) is 0 Å². The minimum Gasteiger partial charge on any atom is -0.493 e. The third kappa shape index (κ3) is 3.43. The number of carbonyl (C=O) groups excluding carboxylic acids is 1. The van der Waals surface area contributed by atoms with Crippen molar-refractivity contribution >= 4 is 16.7 Å². The number of ether oxygens (including phenoxy) is 2. The van der Waals surface area contributed by atoms with Crippen LogP contribution in [0, 0.1) is 0 Å². The van der Waals surface area contributed by atoms with Crippen molar-refractivity contribution in [3.8, 4) is 11.5 Å². The Morgan fingerprint density at radius 1 is 1.04 bits per heavy atom. The van der Waals surface area contributed by atoms with Crippen molar-refractivity contribution in [3.63, 3.8) is 0 Å². The highest BCUT2D eigenvalue weighted by Crippen LogP contribution is 2.32. The fourth-order valence-corrected chi connectivity index (χ4v) is 3.09. The van der Waals surface area contributed by atoms with E-state index in [0.29, 0.717) is 18.9 Å². The first-order valence-electron chi connectivity index (χ1n) is 8.39. The zero-order valence-electron chi connectivity index (χ0n) is 13.8. The number of hydrogen-bond donors (Lipinski definition) is 1. The molecule has 1 aliphatic heterocycles. The molecule has 25 heavy (non-hydrogen) atoms. The van der Waals surface area contributed by atoms with Crippen molar-refractivity contribution < 1.29 is 14.3 Å². The monoisotopic (exact) mass is 333 g/mol. The van der Waals surface area contributed by atoms with Gasteiger partial charge < -0.3 is 14.8 Å². The average molecular weight is 333 g/mol. The second-order valence-corrected chi connectivity index (χ2v) is 6.15. The van der Waals surface area contributed by atoms with Crippen molar-refractivity contribution in [1.82, 2.24) is 5.32 Å². The van der Waals surface area contributed by atoms with E-state index in [1.54, 1.807) is 0 Å². The second-order valence-electron chi connectivity index (χ2n) is 6.15. The molecule has 0 saturated heterocycles. The molecule has 3 aromatic carbocycles. The maximum absolute atomic E-state index is 12.1. The molecule has 1 heterocycles. The molecule has 4 heteroatoms. The summed E-state index contributed by atoms with van der Waals surface area (Å²) in [5.41, 5.74) is 1.15. The van der Waals surface area contributed by atoms with Crippen LogP contribution in [0.2, 0.25) is 0 Å². The highest BCUT2D eigenvalue weighted by molar-refractivity contribution is 5.84. The lowest BCUT2D eigenvalue weighted by Gasteiger charge is -2.11. The van der Waals surface area contributed by atoms with Crippen molar-refractivity contribution in [2.75, 3.05) is 19.8 Å². The quantitative estimate of drug-likeness (QED) is 0.777. The average Bonchev–Trinajstić information content (AvgIpc) is 3.08. The molecule has 4 nitrogen and oxygen atoms in total. The highest BCUT2D eigenvalue weighted by atomic mass is 16.5. The van der Waals surface area contributed by atoms with Crippen LogP contribution < -0.4 is 14.8 Å². The molecule has 1 atom stereocenters. The third-order valence-electron chi connectivity index (χ3n) is 4.44. The van der Waals surface area contributed by atoms with Crippen LogP contribution >= 0.6 is 0 Å². The number of carbonyl (C=O) groups is 1. The maximum Gasteiger partial charge on any atom is 0.257 e. The Labute approximate surface area is 146 Å². The molecule has 1 N–H and O–H groups in total. The smallest absolute Gasteiger partial charge is 0.257 e. The minimum atomic E-state index is -0.127. The van der Waals surface area contributed by atoms with Crippen molar-refractivity contribution in [2.45, 2.75) is 5.92 Å².